The van der Waals surface area contributed by atoms with Gasteiger partial charge in [-0.25, -0.2) is 24.5 Å². The van der Waals surface area contributed by atoms with Crippen molar-refractivity contribution in [1.29, 1.82) is 10.5 Å². The van der Waals surface area contributed by atoms with Gasteiger partial charge in [0.05, 0.1) is 73.9 Å². The number of nitriles is 2. The van der Waals surface area contributed by atoms with Gasteiger partial charge in [-0.15, -0.1) is 0 Å². The minimum atomic E-state index is -0.691. The van der Waals surface area contributed by atoms with E-state index in [0.29, 0.717) is 92.2 Å². The number of aromatic nitrogens is 4. The molecule has 85 heavy (non-hydrogen) atoms. The Morgan fingerprint density at radius 2 is 1.22 bits per heavy atom. The van der Waals surface area contributed by atoms with Crippen molar-refractivity contribution in [3.63, 3.8) is 0 Å². The van der Waals surface area contributed by atoms with Crippen LogP contribution in [0.5, 0.6) is 0 Å². The number of halogens is 2. The summed E-state index contributed by atoms with van der Waals surface area (Å²) in [5.41, 5.74) is 5.01. The van der Waals surface area contributed by atoms with Crippen molar-refractivity contribution >= 4 is 92.0 Å². The molecule has 22 heteroatoms. The summed E-state index contributed by atoms with van der Waals surface area (Å²) in [6, 6.07) is 26.1. The molecule has 4 aliphatic heterocycles. The zero-order chi connectivity index (χ0) is 60.3. The lowest BCUT2D eigenvalue weighted by molar-refractivity contribution is 0.0131. The Balaban J connectivity index is 0.917. The number of nitrogens with one attached hydrogen (secondary N) is 1. The molecule has 2 amide bonds. The van der Waals surface area contributed by atoms with Gasteiger partial charge in [-0.2, -0.15) is 15.5 Å². The molecule has 0 unspecified atom stereocenters. The van der Waals surface area contributed by atoms with Gasteiger partial charge >= 0.3 is 12.2 Å². The molecule has 6 aromatic rings. The molecule has 19 nitrogen and oxygen atoms in total. The zero-order valence-electron chi connectivity index (χ0n) is 50.0. The van der Waals surface area contributed by atoms with E-state index < -0.39 is 41.6 Å². The predicted molar refractivity (Wildman–Crippen MR) is 334 cm³/mol. The molecule has 4 aliphatic rings. The summed E-state index contributed by atoms with van der Waals surface area (Å²) in [7, 11) is 6.15. The fraction of sp³-hybridized carbons (Fsp3) is 0.492. The molecule has 0 saturated carbocycles. The van der Waals surface area contributed by atoms with Crippen molar-refractivity contribution in [2.75, 3.05) is 106 Å². The number of piperazine rings is 2. The molecule has 1 N–H and O–H groups in total. The topological polar surface area (TPSA) is 202 Å². The minimum absolute atomic E-state index is 0.124. The van der Waals surface area contributed by atoms with E-state index in [2.05, 4.69) is 80.5 Å². The fourth-order valence-electron chi connectivity index (χ4n) is 11.6. The Morgan fingerprint density at radius 3 is 1.79 bits per heavy atom. The molecule has 4 atom stereocenters. The molecular formula is C63H75Cl2N13O6S. The first-order valence-electron chi connectivity index (χ1n) is 29.0. The lowest BCUT2D eigenvalue weighted by Gasteiger charge is -2.42. The Labute approximate surface area is 512 Å². The van der Waals surface area contributed by atoms with Gasteiger partial charge in [0.1, 0.15) is 22.8 Å². The van der Waals surface area contributed by atoms with Crippen molar-refractivity contribution in [1.82, 2.24) is 34.6 Å². The maximum absolute atomic E-state index is 13.5. The Morgan fingerprint density at radius 1 is 0.694 bits per heavy atom. The van der Waals surface area contributed by atoms with Gasteiger partial charge in [0.15, 0.2) is 5.16 Å². The number of hydrogen-bond donors (Lipinski definition) is 1. The number of nitrogens with zero attached hydrogens (tertiary/aromatic N) is 12. The quantitative estimate of drug-likeness (QED) is 0.0750. The summed E-state index contributed by atoms with van der Waals surface area (Å²) in [4.78, 5) is 59.6. The highest BCUT2D eigenvalue weighted by Gasteiger charge is 2.39. The second kappa shape index (κ2) is 26.0. The average Bonchev–Trinajstić information content (AvgIpc) is 3.65. The van der Waals surface area contributed by atoms with E-state index in [9.17, 15) is 20.1 Å². The number of amides is 2. The van der Waals surface area contributed by atoms with Gasteiger partial charge in [0.2, 0.25) is 5.95 Å². The summed E-state index contributed by atoms with van der Waals surface area (Å²) in [5.74, 6) is 2.70. The summed E-state index contributed by atoms with van der Waals surface area (Å²) >= 11 is 15.6. The third-order valence-electron chi connectivity index (χ3n) is 15.7. The fourth-order valence-corrected chi connectivity index (χ4v) is 13.1. The summed E-state index contributed by atoms with van der Waals surface area (Å²) < 4.78 is 25.2. The number of rotatable bonds is 15. The SMILES string of the molecule is CN(C)CCSc1nc2c(c(N3CCN(C(=O)OC(C)(C)C)[C@@H](CC#N)C3)n1)CO[C@H](c1cc(N(C)CCNc3nc4c(c(N5CCN(C(=O)OC(C)(C)C)[C@@H](CC#N)C5)n3)CO[C@H](c3cccc5cccc(Cl)c35)C4)cc3cccc(Cl)c13)C2. The highest BCUT2D eigenvalue weighted by Crippen LogP contribution is 2.43. The third-order valence-corrected chi connectivity index (χ3v) is 17.1. The molecule has 0 aliphatic carbocycles. The Kier molecular flexibility index (Phi) is 18.7. The molecule has 10 rings (SSSR count). The minimum Gasteiger partial charge on any atom is -0.444 e. The second-order valence-corrected chi connectivity index (χ2v) is 26.3. The van der Waals surface area contributed by atoms with Gasteiger partial charge in [-0.3, -0.25) is 0 Å². The van der Waals surface area contributed by atoms with Crippen molar-refractivity contribution in [2.45, 2.75) is 121 Å². The van der Waals surface area contributed by atoms with E-state index in [1.807, 2.05) is 86.0 Å². The van der Waals surface area contributed by atoms with Crippen LogP contribution in [0.25, 0.3) is 21.5 Å². The van der Waals surface area contributed by atoms with Crippen LogP contribution in [0.15, 0.2) is 71.9 Å². The number of hydrogen-bond acceptors (Lipinski definition) is 18. The largest absolute Gasteiger partial charge is 0.444 e. The van der Waals surface area contributed by atoms with Crippen LogP contribution in [-0.2, 0) is 45.0 Å². The summed E-state index contributed by atoms with van der Waals surface area (Å²) in [6.07, 6.45) is -0.401. The number of fused-ring (bicyclic) bond motifs is 4. The van der Waals surface area contributed by atoms with Gasteiger partial charge in [-0.05, 0) is 102 Å². The van der Waals surface area contributed by atoms with Gasteiger partial charge in [0, 0.05) is 122 Å². The first kappa shape index (κ1) is 61.2. The second-order valence-electron chi connectivity index (χ2n) is 24.4. The molecule has 2 aromatic heterocycles. The van der Waals surface area contributed by atoms with Crippen LogP contribution in [0.4, 0.5) is 32.9 Å². The number of likely N-dealkylation sites (N-methyl/N-ethyl adjacent to an activating group) is 1. The Hall–Kier alpha value is -6.91. The molecule has 0 spiro atoms. The number of carbonyl (C=O) groups excluding carboxylic acids is 2. The number of benzene rings is 4. The van der Waals surface area contributed by atoms with E-state index in [1.54, 1.807) is 21.6 Å². The van der Waals surface area contributed by atoms with Crippen LogP contribution in [-0.4, -0.2) is 156 Å². The number of anilines is 4. The highest BCUT2D eigenvalue weighted by atomic mass is 35.5. The number of thioether (sulfide) groups is 1. The van der Waals surface area contributed by atoms with Crippen molar-refractivity contribution in [2.24, 2.45) is 0 Å². The maximum Gasteiger partial charge on any atom is 0.410 e. The first-order valence-corrected chi connectivity index (χ1v) is 30.8. The van der Waals surface area contributed by atoms with E-state index >= 15 is 0 Å². The normalized spacial score (nSPS) is 19.1. The smallest absolute Gasteiger partial charge is 0.410 e. The standard InChI is InChI=1S/C63H75Cl2N13O6S/c1-62(2,3)83-60(79)77-27-25-75(35-41(77)19-21-66)56-46-37-81-52(44-16-10-13-39-14-11-17-48(64)54(39)44)33-50(46)69-58(71-56)68-23-24-74(9)43-31-40-15-12-18-49(65)55(40)45(32-43)53-34-51-47(38-82-53)57(72-59(70-51)85-30-29-73(7)8)76-26-28-78(42(36-76)20-22-67)61(80)84-63(4,5)6/h10-18,31-32,41-42,52-53H,19-20,23-30,33-38H2,1-9H3,(H,68,69,71)/t41-,42-,52-,53-/m0/s1. The van der Waals surface area contributed by atoms with Crippen LogP contribution in [0.2, 0.25) is 10.0 Å². The molecule has 0 bridgehead atoms. The molecule has 0 radical (unpaired) electrons. The molecule has 448 valence electrons. The van der Waals surface area contributed by atoms with Crippen molar-refractivity contribution in [3.05, 3.63) is 110 Å². The first-order chi connectivity index (χ1) is 40.6. The highest BCUT2D eigenvalue weighted by molar-refractivity contribution is 7.99. The van der Waals surface area contributed by atoms with Gasteiger partial charge < -0.3 is 53.7 Å². The predicted octanol–water partition coefficient (Wildman–Crippen LogP) is 11.4. The zero-order valence-corrected chi connectivity index (χ0v) is 52.3. The summed E-state index contributed by atoms with van der Waals surface area (Å²) in [6.45, 7) is 15.9. The van der Waals surface area contributed by atoms with E-state index in [4.69, 9.17) is 62.1 Å². The van der Waals surface area contributed by atoms with E-state index in [0.717, 1.165) is 79.0 Å². The average molecular weight is 1210 g/mol. The van der Waals surface area contributed by atoms with Crippen molar-refractivity contribution < 1.29 is 28.5 Å². The maximum atomic E-state index is 13.5. The van der Waals surface area contributed by atoms with Crippen LogP contribution in [0, 0.1) is 22.7 Å². The van der Waals surface area contributed by atoms with Crippen LogP contribution >= 0.6 is 35.0 Å². The van der Waals surface area contributed by atoms with Crippen LogP contribution in [0.1, 0.15) is 100 Å². The van der Waals surface area contributed by atoms with E-state index in [1.165, 1.54) is 0 Å². The van der Waals surface area contributed by atoms with Crippen LogP contribution < -0.4 is 20.0 Å². The molecule has 2 saturated heterocycles. The van der Waals surface area contributed by atoms with Crippen molar-refractivity contribution in [3.8, 4) is 12.1 Å². The lowest BCUT2D eigenvalue weighted by atomic mass is 9.93. The van der Waals surface area contributed by atoms with E-state index in [-0.39, 0.29) is 32.2 Å². The molecular weight excluding hydrogens is 1140 g/mol. The molecule has 2 fully saturated rings. The molecule has 6 heterocycles. The number of carbonyl (C=O) groups is 2. The monoisotopic (exact) mass is 1210 g/mol. The lowest BCUT2D eigenvalue weighted by Crippen LogP contribution is -2.56. The molecule has 4 aromatic carbocycles. The van der Waals surface area contributed by atoms with Crippen LogP contribution in [0.3, 0.4) is 0 Å². The summed E-state index contributed by atoms with van der Waals surface area (Å²) in [5, 5.41) is 29.3. The van der Waals surface area contributed by atoms with Gasteiger partial charge in [0.25, 0.3) is 0 Å². The Bertz CT molecular complexity index is 3540. The van der Waals surface area contributed by atoms with Gasteiger partial charge in [-0.1, -0.05) is 77.4 Å². The number of ether oxygens (including phenoxy) is 4. The third kappa shape index (κ3) is 14.2.